The first kappa shape index (κ1) is 20.5. The second kappa shape index (κ2) is 7.32. The molecule has 0 aromatic heterocycles. The molecule has 2 heterocycles. The van der Waals surface area contributed by atoms with Crippen molar-refractivity contribution in [3.8, 4) is 17.6 Å². The molecule has 2 aliphatic heterocycles. The molecule has 1 atom stereocenters. The highest BCUT2D eigenvalue weighted by atomic mass is 35.5. The summed E-state index contributed by atoms with van der Waals surface area (Å²) in [6.07, 6.45) is 1.05. The average molecular weight is 448 g/mol. The number of benzene rings is 2. The zero-order chi connectivity index (χ0) is 22.6. The summed E-state index contributed by atoms with van der Waals surface area (Å²) in [6.45, 7) is 4.30. The third-order valence-corrected chi connectivity index (χ3v) is 6.45. The largest absolute Gasteiger partial charge is 0.454 e. The SMILES string of the molecule is CC1(C)CC(=O)C2=C(C1)N(c1ccc(Cl)cc1)C(N)=C(C#N)[C@H]2c1ccc2c(c1)OCO2. The first-order chi connectivity index (χ1) is 15.3. The van der Waals surface area contributed by atoms with Gasteiger partial charge in [0.15, 0.2) is 17.3 Å². The predicted molar refractivity (Wildman–Crippen MR) is 121 cm³/mol. The number of ether oxygens (including phenoxy) is 2. The molecule has 3 aliphatic rings. The molecule has 32 heavy (non-hydrogen) atoms. The van der Waals surface area contributed by atoms with Crippen molar-refractivity contribution in [2.45, 2.75) is 32.6 Å². The number of nitrogens with zero attached hydrogens (tertiary/aromatic N) is 2. The number of carbonyl (C=O) groups is 1. The van der Waals surface area contributed by atoms with Gasteiger partial charge in [0.1, 0.15) is 5.82 Å². The van der Waals surface area contributed by atoms with E-state index in [1.807, 2.05) is 35.2 Å². The van der Waals surface area contributed by atoms with Gasteiger partial charge >= 0.3 is 0 Å². The lowest BCUT2D eigenvalue weighted by molar-refractivity contribution is -0.118. The molecule has 0 radical (unpaired) electrons. The fourth-order valence-electron chi connectivity index (χ4n) is 4.82. The summed E-state index contributed by atoms with van der Waals surface area (Å²) in [5, 5.41) is 10.7. The van der Waals surface area contributed by atoms with E-state index in [-0.39, 0.29) is 18.0 Å². The Balaban J connectivity index is 1.74. The van der Waals surface area contributed by atoms with Crippen molar-refractivity contribution < 1.29 is 14.3 Å². The molecule has 6 nitrogen and oxygen atoms in total. The van der Waals surface area contributed by atoms with Crippen molar-refractivity contribution in [1.29, 1.82) is 5.26 Å². The van der Waals surface area contributed by atoms with Crippen LogP contribution in [0.5, 0.6) is 11.5 Å². The van der Waals surface area contributed by atoms with Crippen molar-refractivity contribution in [1.82, 2.24) is 0 Å². The molecule has 162 valence electrons. The zero-order valence-corrected chi connectivity index (χ0v) is 18.6. The number of nitrogens with two attached hydrogens (primary N) is 1. The highest BCUT2D eigenvalue weighted by molar-refractivity contribution is 6.30. The number of rotatable bonds is 2. The summed E-state index contributed by atoms with van der Waals surface area (Å²) in [5.41, 5.74) is 9.73. The van der Waals surface area contributed by atoms with Crippen LogP contribution in [0.3, 0.4) is 0 Å². The third kappa shape index (κ3) is 3.21. The van der Waals surface area contributed by atoms with Crippen LogP contribution in [0, 0.1) is 16.7 Å². The van der Waals surface area contributed by atoms with Crippen LogP contribution in [0.4, 0.5) is 5.69 Å². The molecule has 1 aliphatic carbocycles. The number of ketones is 1. The number of nitriles is 1. The van der Waals surface area contributed by atoms with Gasteiger partial charge in [-0.1, -0.05) is 31.5 Å². The fraction of sp³-hybridized carbons (Fsp3) is 0.280. The van der Waals surface area contributed by atoms with E-state index in [0.29, 0.717) is 46.3 Å². The minimum absolute atomic E-state index is 0.0260. The van der Waals surface area contributed by atoms with Gasteiger partial charge in [-0.25, -0.2) is 0 Å². The molecule has 2 aromatic rings. The second-order valence-electron chi connectivity index (χ2n) is 9.07. The van der Waals surface area contributed by atoms with E-state index in [9.17, 15) is 10.1 Å². The predicted octanol–water partition coefficient (Wildman–Crippen LogP) is 5.01. The summed E-state index contributed by atoms with van der Waals surface area (Å²) in [7, 11) is 0. The maximum atomic E-state index is 13.5. The molecule has 2 aromatic carbocycles. The lowest BCUT2D eigenvalue weighted by Crippen LogP contribution is -2.42. The molecule has 0 saturated carbocycles. The number of anilines is 1. The molecule has 0 bridgehead atoms. The van der Waals surface area contributed by atoms with Crippen molar-refractivity contribution in [2.75, 3.05) is 11.7 Å². The Bertz CT molecular complexity index is 1240. The van der Waals surface area contributed by atoms with Crippen molar-refractivity contribution in [3.05, 3.63) is 75.7 Å². The van der Waals surface area contributed by atoms with Crippen LogP contribution in [0.2, 0.25) is 5.02 Å². The first-order valence-electron chi connectivity index (χ1n) is 10.4. The Morgan fingerprint density at radius 2 is 1.84 bits per heavy atom. The lowest BCUT2D eigenvalue weighted by Gasteiger charge is -2.43. The molecule has 0 unspecified atom stereocenters. The Kier molecular flexibility index (Phi) is 4.68. The minimum atomic E-state index is -0.559. The summed E-state index contributed by atoms with van der Waals surface area (Å²) in [5.74, 6) is 1.04. The van der Waals surface area contributed by atoms with E-state index in [0.717, 1.165) is 16.9 Å². The van der Waals surface area contributed by atoms with Crippen LogP contribution < -0.4 is 20.1 Å². The van der Waals surface area contributed by atoms with Gasteiger partial charge in [-0.3, -0.25) is 9.69 Å². The number of halogens is 1. The van der Waals surface area contributed by atoms with E-state index in [1.165, 1.54) is 0 Å². The van der Waals surface area contributed by atoms with E-state index >= 15 is 0 Å². The van der Waals surface area contributed by atoms with E-state index in [1.54, 1.807) is 12.1 Å². The number of hydrogen-bond acceptors (Lipinski definition) is 6. The van der Waals surface area contributed by atoms with Gasteiger partial charge in [0.05, 0.1) is 17.6 Å². The smallest absolute Gasteiger partial charge is 0.231 e. The van der Waals surface area contributed by atoms with Crippen LogP contribution in [0.25, 0.3) is 0 Å². The summed E-state index contributed by atoms with van der Waals surface area (Å²) >= 11 is 6.10. The number of Topliss-reactive ketones (excluding diaryl/α,β-unsaturated/α-hetero) is 1. The Morgan fingerprint density at radius 1 is 1.12 bits per heavy atom. The molecule has 7 heteroatoms. The lowest BCUT2D eigenvalue weighted by atomic mass is 9.68. The van der Waals surface area contributed by atoms with Crippen LogP contribution >= 0.6 is 11.6 Å². The minimum Gasteiger partial charge on any atom is -0.454 e. The second-order valence-corrected chi connectivity index (χ2v) is 9.51. The molecule has 0 spiro atoms. The van der Waals surface area contributed by atoms with E-state index in [2.05, 4.69) is 19.9 Å². The maximum Gasteiger partial charge on any atom is 0.231 e. The quantitative estimate of drug-likeness (QED) is 0.696. The summed E-state index contributed by atoms with van der Waals surface area (Å²) in [4.78, 5) is 15.4. The molecular weight excluding hydrogens is 426 g/mol. The molecule has 0 saturated heterocycles. The van der Waals surface area contributed by atoms with Gasteiger partial charge < -0.3 is 15.2 Å². The molecular formula is C25H22ClN3O3. The molecule has 5 rings (SSSR count). The van der Waals surface area contributed by atoms with Gasteiger partial charge in [-0.05, 0) is 53.8 Å². The standard InChI is InChI=1S/C25H22ClN3O3/c1-25(2)10-18-23(19(30)11-25)22(14-3-8-20-21(9-14)32-13-31-20)17(12-27)24(28)29(18)16-6-4-15(26)5-7-16/h3-9,22H,10-11,13,28H2,1-2H3/t22-/m1/s1. The van der Waals surface area contributed by atoms with Gasteiger partial charge in [0, 0.05) is 28.4 Å². The molecule has 0 amide bonds. The first-order valence-corrected chi connectivity index (χ1v) is 10.8. The normalized spacial score (nSPS) is 21.5. The van der Waals surface area contributed by atoms with Gasteiger partial charge in [0.25, 0.3) is 0 Å². The molecule has 0 fully saturated rings. The maximum absolute atomic E-state index is 13.5. The Morgan fingerprint density at radius 3 is 2.56 bits per heavy atom. The molecule has 2 N–H and O–H groups in total. The van der Waals surface area contributed by atoms with Crippen LogP contribution in [-0.4, -0.2) is 12.6 Å². The van der Waals surface area contributed by atoms with Crippen LogP contribution in [-0.2, 0) is 4.79 Å². The Hall–Kier alpha value is -3.43. The third-order valence-electron chi connectivity index (χ3n) is 6.20. The van der Waals surface area contributed by atoms with Crippen molar-refractivity contribution in [2.24, 2.45) is 11.1 Å². The highest BCUT2D eigenvalue weighted by Gasteiger charge is 2.44. The van der Waals surface area contributed by atoms with Crippen molar-refractivity contribution >= 4 is 23.1 Å². The fourth-order valence-corrected chi connectivity index (χ4v) is 4.95. The monoisotopic (exact) mass is 447 g/mol. The van der Waals surface area contributed by atoms with Gasteiger partial charge in [-0.2, -0.15) is 5.26 Å². The summed E-state index contributed by atoms with van der Waals surface area (Å²) in [6, 6.07) is 15.1. The van der Waals surface area contributed by atoms with E-state index < -0.39 is 5.92 Å². The Labute approximate surface area is 191 Å². The number of carbonyl (C=O) groups excluding carboxylic acids is 1. The average Bonchev–Trinajstić information content (AvgIpc) is 3.21. The van der Waals surface area contributed by atoms with Crippen LogP contribution in [0.1, 0.15) is 38.2 Å². The highest BCUT2D eigenvalue weighted by Crippen LogP contribution is 2.51. The topological polar surface area (TPSA) is 88.6 Å². The van der Waals surface area contributed by atoms with Crippen molar-refractivity contribution in [3.63, 3.8) is 0 Å². The zero-order valence-electron chi connectivity index (χ0n) is 17.8. The van der Waals surface area contributed by atoms with Crippen LogP contribution in [0.15, 0.2) is 65.1 Å². The number of allylic oxidation sites excluding steroid dienone is 3. The summed E-state index contributed by atoms with van der Waals surface area (Å²) < 4.78 is 11.0. The number of fused-ring (bicyclic) bond motifs is 1. The van der Waals surface area contributed by atoms with E-state index in [4.69, 9.17) is 26.8 Å². The number of hydrogen-bond donors (Lipinski definition) is 1. The van der Waals surface area contributed by atoms with Gasteiger partial charge in [0.2, 0.25) is 6.79 Å². The van der Waals surface area contributed by atoms with Gasteiger partial charge in [-0.15, -0.1) is 0 Å².